The van der Waals surface area contributed by atoms with Crippen molar-refractivity contribution in [2.45, 2.75) is 32.7 Å². The molecule has 1 heterocycles. The van der Waals surface area contributed by atoms with Gasteiger partial charge in [0.15, 0.2) is 0 Å². The van der Waals surface area contributed by atoms with Crippen LogP contribution < -0.4 is 5.32 Å². The van der Waals surface area contributed by atoms with Gasteiger partial charge >= 0.3 is 0 Å². The largest absolute Gasteiger partial charge is 0.382 e. The van der Waals surface area contributed by atoms with Gasteiger partial charge in [0.1, 0.15) is 0 Å². The van der Waals surface area contributed by atoms with Gasteiger partial charge in [-0.3, -0.25) is 9.00 Å². The molecule has 1 saturated heterocycles. The quantitative estimate of drug-likeness (QED) is 0.909. The fraction of sp³-hybridized carbons (Fsp3) is 0.562. The Hall–Kier alpha value is -1.36. The number of hydrogen-bond donors (Lipinski definition) is 1. The molecule has 0 unspecified atom stereocenters. The van der Waals surface area contributed by atoms with Crippen LogP contribution in [-0.4, -0.2) is 45.7 Å². The van der Waals surface area contributed by atoms with Gasteiger partial charge in [0.05, 0.1) is 0 Å². The Morgan fingerprint density at radius 1 is 1.29 bits per heavy atom. The van der Waals surface area contributed by atoms with Crippen LogP contribution in [0.15, 0.2) is 24.3 Å². The van der Waals surface area contributed by atoms with Gasteiger partial charge in [0.25, 0.3) is 5.91 Å². The number of nitrogens with zero attached hydrogens (tertiary/aromatic N) is 1. The third-order valence-corrected chi connectivity index (χ3v) is 5.30. The lowest BCUT2D eigenvalue weighted by molar-refractivity contribution is 0.0773. The average molecular weight is 308 g/mol. The third-order valence-electron chi connectivity index (χ3n) is 3.92. The molecule has 4 nitrogen and oxygen atoms in total. The lowest BCUT2D eigenvalue weighted by Gasteiger charge is -2.24. The number of anilines is 1. The molecule has 5 heteroatoms. The second-order valence-corrected chi connectivity index (χ2v) is 7.02. The first-order valence-electron chi connectivity index (χ1n) is 7.64. The monoisotopic (exact) mass is 308 g/mol. The van der Waals surface area contributed by atoms with Crippen molar-refractivity contribution >= 4 is 22.4 Å². The molecule has 116 valence electrons. The molecule has 2 rings (SSSR count). The van der Waals surface area contributed by atoms with E-state index in [0.717, 1.165) is 48.7 Å². The van der Waals surface area contributed by atoms with Crippen LogP contribution in [0.4, 0.5) is 5.69 Å². The van der Waals surface area contributed by atoms with Gasteiger partial charge in [0.2, 0.25) is 0 Å². The zero-order chi connectivity index (χ0) is 15.2. The molecule has 0 spiro atoms. The minimum atomic E-state index is -0.640. The maximum atomic E-state index is 12.4. The van der Waals surface area contributed by atoms with E-state index in [1.165, 1.54) is 0 Å². The SMILES string of the molecule is CCN(CC)C(=O)c1cccc(NC2CCS(=O)CC2)c1. The topological polar surface area (TPSA) is 49.4 Å². The molecular weight excluding hydrogens is 284 g/mol. The highest BCUT2D eigenvalue weighted by molar-refractivity contribution is 7.85. The Morgan fingerprint density at radius 3 is 2.57 bits per heavy atom. The first kappa shape index (κ1) is 16.0. The van der Waals surface area contributed by atoms with Crippen molar-refractivity contribution in [2.24, 2.45) is 0 Å². The van der Waals surface area contributed by atoms with Crippen molar-refractivity contribution in [1.82, 2.24) is 4.90 Å². The van der Waals surface area contributed by atoms with Gasteiger partial charge in [-0.25, -0.2) is 0 Å². The molecule has 0 saturated carbocycles. The summed E-state index contributed by atoms with van der Waals surface area (Å²) in [6, 6.07) is 8.06. The highest BCUT2D eigenvalue weighted by atomic mass is 32.2. The molecule has 0 atom stereocenters. The second-order valence-electron chi connectivity index (χ2n) is 5.32. The first-order valence-corrected chi connectivity index (χ1v) is 9.13. The van der Waals surface area contributed by atoms with Crippen molar-refractivity contribution < 1.29 is 9.00 Å². The van der Waals surface area contributed by atoms with E-state index >= 15 is 0 Å². The lowest BCUT2D eigenvalue weighted by atomic mass is 10.1. The number of carbonyl (C=O) groups is 1. The summed E-state index contributed by atoms with van der Waals surface area (Å²) in [7, 11) is -0.640. The van der Waals surface area contributed by atoms with Gasteiger partial charge in [-0.2, -0.15) is 0 Å². The molecular formula is C16H24N2O2S. The lowest BCUT2D eigenvalue weighted by Crippen LogP contribution is -2.31. The van der Waals surface area contributed by atoms with E-state index < -0.39 is 10.8 Å². The van der Waals surface area contributed by atoms with Crippen LogP contribution in [0.3, 0.4) is 0 Å². The van der Waals surface area contributed by atoms with E-state index in [1.54, 1.807) is 0 Å². The predicted molar refractivity (Wildman–Crippen MR) is 88.2 cm³/mol. The minimum absolute atomic E-state index is 0.0772. The molecule has 1 aliphatic heterocycles. The maximum absolute atomic E-state index is 12.4. The van der Waals surface area contributed by atoms with E-state index in [2.05, 4.69) is 5.32 Å². The van der Waals surface area contributed by atoms with Gasteiger partial charge in [0, 0.05) is 52.7 Å². The second kappa shape index (κ2) is 7.59. The summed E-state index contributed by atoms with van der Waals surface area (Å²) in [5.74, 6) is 1.62. The van der Waals surface area contributed by atoms with Crippen LogP contribution in [0.1, 0.15) is 37.0 Å². The maximum Gasteiger partial charge on any atom is 0.253 e. The number of amides is 1. The van der Waals surface area contributed by atoms with Crippen LogP contribution in [0.25, 0.3) is 0 Å². The molecule has 1 fully saturated rings. The van der Waals surface area contributed by atoms with Crippen molar-refractivity contribution in [2.75, 3.05) is 29.9 Å². The molecule has 0 aromatic heterocycles. The van der Waals surface area contributed by atoms with Crippen molar-refractivity contribution in [3.8, 4) is 0 Å². The molecule has 1 amide bonds. The predicted octanol–water partition coefficient (Wildman–Crippen LogP) is 2.49. The van der Waals surface area contributed by atoms with E-state index in [9.17, 15) is 9.00 Å². The summed E-state index contributed by atoms with van der Waals surface area (Å²) in [6.45, 7) is 5.43. The van der Waals surface area contributed by atoms with Crippen molar-refractivity contribution in [1.29, 1.82) is 0 Å². The number of nitrogens with one attached hydrogen (secondary N) is 1. The molecule has 0 radical (unpaired) electrons. The van der Waals surface area contributed by atoms with Gasteiger partial charge in [-0.05, 0) is 44.9 Å². The molecule has 0 aliphatic carbocycles. The van der Waals surface area contributed by atoms with Crippen LogP contribution in [0.5, 0.6) is 0 Å². The average Bonchev–Trinajstić information content (AvgIpc) is 2.51. The van der Waals surface area contributed by atoms with E-state index in [0.29, 0.717) is 6.04 Å². The number of rotatable bonds is 5. The van der Waals surface area contributed by atoms with Gasteiger partial charge in [-0.1, -0.05) is 6.07 Å². The van der Waals surface area contributed by atoms with Crippen LogP contribution in [0, 0.1) is 0 Å². The van der Waals surface area contributed by atoms with Crippen LogP contribution in [-0.2, 0) is 10.8 Å². The van der Waals surface area contributed by atoms with Gasteiger partial charge < -0.3 is 10.2 Å². The molecule has 1 aromatic rings. The Labute approximate surface area is 129 Å². The number of carbonyl (C=O) groups excluding carboxylic acids is 1. The summed E-state index contributed by atoms with van der Waals surface area (Å²) < 4.78 is 11.4. The summed E-state index contributed by atoms with van der Waals surface area (Å²) in [4.78, 5) is 14.2. The smallest absolute Gasteiger partial charge is 0.253 e. The molecule has 1 aromatic carbocycles. The molecule has 1 aliphatic rings. The Kier molecular flexibility index (Phi) is 5.79. The van der Waals surface area contributed by atoms with E-state index in [1.807, 2.05) is 43.0 Å². The normalized spacial score (nSPS) is 21.8. The minimum Gasteiger partial charge on any atom is -0.382 e. The van der Waals surface area contributed by atoms with E-state index in [-0.39, 0.29) is 5.91 Å². The summed E-state index contributed by atoms with van der Waals surface area (Å²) in [6.07, 6.45) is 1.86. The Morgan fingerprint density at radius 2 is 1.95 bits per heavy atom. The Bertz CT molecular complexity index is 505. The highest BCUT2D eigenvalue weighted by Gasteiger charge is 2.18. The third kappa shape index (κ3) is 4.30. The zero-order valence-corrected chi connectivity index (χ0v) is 13.6. The number of benzene rings is 1. The Balaban J connectivity index is 2.03. The fourth-order valence-electron chi connectivity index (χ4n) is 2.61. The zero-order valence-electron chi connectivity index (χ0n) is 12.8. The van der Waals surface area contributed by atoms with Crippen LogP contribution in [0.2, 0.25) is 0 Å². The highest BCUT2D eigenvalue weighted by Crippen LogP contribution is 2.18. The summed E-state index contributed by atoms with van der Waals surface area (Å²) >= 11 is 0. The summed E-state index contributed by atoms with van der Waals surface area (Å²) in [5, 5.41) is 3.47. The van der Waals surface area contributed by atoms with Crippen LogP contribution >= 0.6 is 0 Å². The molecule has 1 N–H and O–H groups in total. The molecule has 21 heavy (non-hydrogen) atoms. The summed E-state index contributed by atoms with van der Waals surface area (Å²) in [5.41, 5.74) is 1.70. The molecule has 0 bridgehead atoms. The standard InChI is InChI=1S/C16H24N2O2S/c1-3-18(4-2)16(19)13-6-5-7-15(12-13)17-14-8-10-21(20)11-9-14/h5-7,12,14,17H,3-4,8-11H2,1-2H3. The number of hydrogen-bond acceptors (Lipinski definition) is 3. The fourth-order valence-corrected chi connectivity index (χ4v) is 3.91. The van der Waals surface area contributed by atoms with Crippen molar-refractivity contribution in [3.63, 3.8) is 0 Å². The van der Waals surface area contributed by atoms with E-state index in [4.69, 9.17) is 0 Å². The van der Waals surface area contributed by atoms with Gasteiger partial charge in [-0.15, -0.1) is 0 Å². The van der Waals surface area contributed by atoms with Crippen molar-refractivity contribution in [3.05, 3.63) is 29.8 Å². The first-order chi connectivity index (χ1) is 10.1.